The van der Waals surface area contributed by atoms with E-state index in [0.29, 0.717) is 36.0 Å². The molecule has 1 aliphatic heterocycles. The number of nitrogens with zero attached hydrogens (tertiary/aromatic N) is 2. The fourth-order valence-corrected chi connectivity index (χ4v) is 6.71. The van der Waals surface area contributed by atoms with Crippen molar-refractivity contribution in [3.63, 3.8) is 0 Å². The van der Waals surface area contributed by atoms with Crippen molar-refractivity contribution < 1.29 is 27.9 Å². The van der Waals surface area contributed by atoms with Crippen LogP contribution in [-0.2, 0) is 11.2 Å². The number of hydrazine groups is 1. The van der Waals surface area contributed by atoms with Gasteiger partial charge in [-0.3, -0.25) is 14.6 Å². The zero-order chi connectivity index (χ0) is 33.0. The Bertz CT molecular complexity index is 1700. The number of piperidine rings is 1. The molecule has 0 aromatic heterocycles. The molecule has 2 aliphatic rings. The van der Waals surface area contributed by atoms with Gasteiger partial charge in [0, 0.05) is 31.3 Å². The highest BCUT2D eigenvalue weighted by Crippen LogP contribution is 2.46. The molecular formula is C38H38F3N3O3. The van der Waals surface area contributed by atoms with E-state index in [2.05, 4.69) is 5.32 Å². The minimum Gasteiger partial charge on any atom is -0.396 e. The van der Waals surface area contributed by atoms with Crippen LogP contribution in [0.25, 0.3) is 22.3 Å². The number of hydrogen-bond acceptors (Lipinski definition) is 4. The summed E-state index contributed by atoms with van der Waals surface area (Å²) in [4.78, 5) is 27.2. The molecule has 2 N–H and O–H groups in total. The van der Waals surface area contributed by atoms with Crippen LogP contribution in [0.1, 0.15) is 58.6 Å². The number of benzene rings is 4. The molecular weight excluding hydrogens is 603 g/mol. The van der Waals surface area contributed by atoms with Gasteiger partial charge in [-0.1, -0.05) is 84.9 Å². The van der Waals surface area contributed by atoms with Crippen LogP contribution < -0.4 is 5.32 Å². The minimum atomic E-state index is -4.59. The second-order valence-corrected chi connectivity index (χ2v) is 12.3. The third-order valence-corrected chi connectivity index (χ3v) is 9.10. The second-order valence-electron chi connectivity index (χ2n) is 12.3. The maximum Gasteiger partial charge on any atom is 0.407 e. The number of hydrogen-bond donors (Lipinski definition) is 2. The van der Waals surface area contributed by atoms with Crippen molar-refractivity contribution in [2.24, 2.45) is 0 Å². The van der Waals surface area contributed by atoms with E-state index in [-0.39, 0.29) is 31.6 Å². The van der Waals surface area contributed by atoms with E-state index in [4.69, 9.17) is 5.11 Å². The quantitative estimate of drug-likeness (QED) is 0.183. The van der Waals surface area contributed by atoms with Crippen LogP contribution in [0.3, 0.4) is 0 Å². The van der Waals surface area contributed by atoms with Gasteiger partial charge in [0.25, 0.3) is 5.91 Å². The number of halogens is 3. The molecule has 0 saturated carbocycles. The van der Waals surface area contributed by atoms with Crippen LogP contribution in [0.2, 0.25) is 0 Å². The van der Waals surface area contributed by atoms with E-state index in [0.717, 1.165) is 45.7 Å². The first-order valence-electron chi connectivity index (χ1n) is 16.1. The van der Waals surface area contributed by atoms with Gasteiger partial charge in [0.15, 0.2) is 0 Å². The highest BCUT2D eigenvalue weighted by atomic mass is 19.4. The van der Waals surface area contributed by atoms with Gasteiger partial charge in [-0.05, 0) is 83.2 Å². The maximum atomic E-state index is 14.2. The Morgan fingerprint density at radius 3 is 2.17 bits per heavy atom. The monoisotopic (exact) mass is 641 g/mol. The lowest BCUT2D eigenvalue weighted by Crippen LogP contribution is -2.56. The lowest BCUT2D eigenvalue weighted by atomic mass is 9.94. The molecule has 4 aromatic carbocycles. The molecule has 4 aromatic rings. The number of amides is 2. The van der Waals surface area contributed by atoms with Crippen molar-refractivity contribution in [2.45, 2.75) is 50.2 Å². The molecule has 244 valence electrons. The predicted octanol–water partition coefficient (Wildman–Crippen LogP) is 6.98. The first kappa shape index (κ1) is 32.5. The molecule has 1 unspecified atom stereocenters. The second kappa shape index (κ2) is 14.1. The van der Waals surface area contributed by atoms with Crippen molar-refractivity contribution >= 4 is 11.8 Å². The van der Waals surface area contributed by atoms with Crippen LogP contribution in [0, 0.1) is 0 Å². The molecule has 9 heteroatoms. The van der Waals surface area contributed by atoms with Crippen molar-refractivity contribution in [3.8, 4) is 22.3 Å². The fourth-order valence-electron chi connectivity index (χ4n) is 6.71. The number of fused-ring (bicyclic) bond motifs is 3. The molecule has 2 amide bonds. The number of carbonyl (C=O) groups is 2. The van der Waals surface area contributed by atoms with Gasteiger partial charge in [-0.15, -0.1) is 0 Å². The first-order chi connectivity index (χ1) is 22.7. The van der Waals surface area contributed by atoms with E-state index in [1.165, 1.54) is 5.01 Å². The lowest BCUT2D eigenvalue weighted by molar-refractivity contribution is -0.194. The summed E-state index contributed by atoms with van der Waals surface area (Å²) in [6.45, 7) is -0.870. The Labute approximate surface area is 272 Å². The van der Waals surface area contributed by atoms with Gasteiger partial charge < -0.3 is 10.4 Å². The Morgan fingerprint density at radius 1 is 0.809 bits per heavy atom. The number of aliphatic hydroxyl groups excluding tert-OH is 1. The largest absolute Gasteiger partial charge is 0.407 e. The van der Waals surface area contributed by atoms with E-state index >= 15 is 0 Å². The molecule has 1 heterocycles. The number of aryl methyl sites for hydroxylation is 1. The molecule has 0 radical (unpaired) electrons. The number of alkyl halides is 3. The van der Waals surface area contributed by atoms with Gasteiger partial charge in [0.05, 0.1) is 5.92 Å². The zero-order valence-electron chi connectivity index (χ0n) is 26.0. The maximum absolute atomic E-state index is 14.2. The first-order valence-corrected chi connectivity index (χ1v) is 16.1. The van der Waals surface area contributed by atoms with Crippen molar-refractivity contribution in [1.29, 1.82) is 0 Å². The summed E-state index contributed by atoms with van der Waals surface area (Å²) in [6.07, 6.45) is -1.52. The van der Waals surface area contributed by atoms with Gasteiger partial charge in [-0.25, -0.2) is 5.01 Å². The molecule has 0 bridgehead atoms. The average molecular weight is 642 g/mol. The summed E-state index contributed by atoms with van der Waals surface area (Å²) in [5, 5.41) is 14.6. The molecule has 1 aliphatic carbocycles. The highest BCUT2D eigenvalue weighted by Gasteiger charge is 2.43. The number of unbranched alkanes of at least 4 members (excludes halogenated alkanes) is 1. The molecule has 0 spiro atoms. The number of carbonyl (C=O) groups excluding carboxylic acids is 2. The summed E-state index contributed by atoms with van der Waals surface area (Å²) in [5.41, 5.74) is 6.74. The number of rotatable bonds is 10. The summed E-state index contributed by atoms with van der Waals surface area (Å²) >= 11 is 0. The fraction of sp³-hybridized carbons (Fsp3) is 0.316. The average Bonchev–Trinajstić information content (AvgIpc) is 3.41. The summed E-state index contributed by atoms with van der Waals surface area (Å²) < 4.78 is 41.9. The van der Waals surface area contributed by atoms with E-state index in [1.54, 1.807) is 12.1 Å². The van der Waals surface area contributed by atoms with Crippen LogP contribution in [0.5, 0.6) is 0 Å². The van der Waals surface area contributed by atoms with Crippen molar-refractivity contribution in [1.82, 2.24) is 15.3 Å². The molecule has 1 saturated heterocycles. The minimum absolute atomic E-state index is 0.117. The topological polar surface area (TPSA) is 72.9 Å². The third-order valence-electron chi connectivity index (χ3n) is 9.10. The van der Waals surface area contributed by atoms with Crippen LogP contribution in [-0.4, -0.2) is 65.4 Å². The Hall–Kier alpha value is -4.47. The van der Waals surface area contributed by atoms with Gasteiger partial charge >= 0.3 is 6.18 Å². The Balaban J connectivity index is 1.15. The molecule has 47 heavy (non-hydrogen) atoms. The third kappa shape index (κ3) is 7.42. The van der Waals surface area contributed by atoms with E-state index < -0.39 is 24.5 Å². The smallest absolute Gasteiger partial charge is 0.396 e. The standard InChI is InChI=1S/C38H38F3N3O3/c39-38(40,41)25-44(37(47)35-32-12-5-4-11-31(32)34-24-26(8-6-7-23-45)13-18-33(34)35)43-21-19-30(20-22-43)42-36(46)29-16-14-28(15-17-29)27-9-2-1-3-10-27/h1-5,9-18,24,30,35,45H,6-8,19-23,25H2,(H,42,46). The van der Waals surface area contributed by atoms with Gasteiger partial charge in [0.1, 0.15) is 6.54 Å². The molecule has 1 fully saturated rings. The lowest BCUT2D eigenvalue weighted by Gasteiger charge is -2.41. The molecule has 6 rings (SSSR count). The SMILES string of the molecule is O=C(NC1CCN(N(CC(F)(F)F)C(=O)C2c3ccccc3-c3cc(CCCCO)ccc32)CC1)c1ccc(-c2ccccc2)cc1. The number of nitrogens with one attached hydrogen (secondary N) is 1. The predicted molar refractivity (Wildman–Crippen MR) is 175 cm³/mol. The van der Waals surface area contributed by atoms with Crippen LogP contribution >= 0.6 is 0 Å². The molecule has 6 nitrogen and oxygen atoms in total. The van der Waals surface area contributed by atoms with E-state index in [1.807, 2.05) is 84.9 Å². The van der Waals surface area contributed by atoms with Crippen LogP contribution in [0.15, 0.2) is 97.1 Å². The van der Waals surface area contributed by atoms with Gasteiger partial charge in [-0.2, -0.15) is 13.2 Å². The zero-order valence-corrected chi connectivity index (χ0v) is 26.0. The van der Waals surface area contributed by atoms with Crippen molar-refractivity contribution in [3.05, 3.63) is 119 Å². The summed E-state index contributed by atoms with van der Waals surface area (Å²) in [7, 11) is 0. The normalized spacial score (nSPS) is 16.4. The highest BCUT2D eigenvalue weighted by molar-refractivity contribution is 5.96. The van der Waals surface area contributed by atoms with Crippen LogP contribution in [0.4, 0.5) is 13.2 Å². The number of aliphatic hydroxyl groups is 1. The van der Waals surface area contributed by atoms with E-state index in [9.17, 15) is 22.8 Å². The molecule has 1 atom stereocenters. The Morgan fingerprint density at radius 2 is 1.47 bits per heavy atom. The Kier molecular flexibility index (Phi) is 9.75. The summed E-state index contributed by atoms with van der Waals surface area (Å²) in [6, 6.07) is 30.2. The van der Waals surface area contributed by atoms with Crippen molar-refractivity contribution in [2.75, 3.05) is 26.2 Å². The summed E-state index contributed by atoms with van der Waals surface area (Å²) in [5.74, 6) is -1.70. The van der Waals surface area contributed by atoms with Gasteiger partial charge in [0.2, 0.25) is 5.91 Å².